The Labute approximate surface area is 143 Å². The minimum atomic E-state index is 0. The van der Waals surface area contributed by atoms with Crippen LogP contribution in [0.5, 0.6) is 0 Å². The Morgan fingerprint density at radius 1 is 1.22 bits per heavy atom. The van der Waals surface area contributed by atoms with Gasteiger partial charge in [0, 0.05) is 29.8 Å². The zero-order valence-electron chi connectivity index (χ0n) is 13.4. The number of amides is 2. The summed E-state index contributed by atoms with van der Waals surface area (Å²) < 4.78 is 0. The summed E-state index contributed by atoms with van der Waals surface area (Å²) >= 11 is 0. The summed E-state index contributed by atoms with van der Waals surface area (Å²) in [6, 6.07) is 5.93. The van der Waals surface area contributed by atoms with Crippen LogP contribution in [0.15, 0.2) is 18.2 Å². The summed E-state index contributed by atoms with van der Waals surface area (Å²) in [5.74, 6) is 0.275. The molecule has 1 saturated heterocycles. The van der Waals surface area contributed by atoms with Crippen LogP contribution in [0.3, 0.4) is 0 Å². The van der Waals surface area contributed by atoms with Gasteiger partial charge < -0.3 is 16.0 Å². The average Bonchev–Trinajstić information content (AvgIpc) is 3.22. The lowest BCUT2D eigenvalue weighted by atomic mass is 10.1. The van der Waals surface area contributed by atoms with E-state index >= 15 is 0 Å². The smallest absolute Gasteiger partial charge is 0.227 e. The Hall–Kier alpha value is -1.59. The van der Waals surface area contributed by atoms with Crippen molar-refractivity contribution in [3.8, 4) is 0 Å². The van der Waals surface area contributed by atoms with Gasteiger partial charge in [-0.1, -0.05) is 6.07 Å². The monoisotopic (exact) mass is 337 g/mol. The molecule has 1 aromatic carbocycles. The quantitative estimate of drug-likeness (QED) is 0.773. The lowest BCUT2D eigenvalue weighted by molar-refractivity contribution is -0.117. The van der Waals surface area contributed by atoms with Crippen molar-refractivity contribution in [2.75, 3.05) is 17.2 Å². The van der Waals surface area contributed by atoms with Crippen LogP contribution in [0.4, 0.5) is 11.4 Å². The summed E-state index contributed by atoms with van der Waals surface area (Å²) in [5.41, 5.74) is 2.52. The number of carbonyl (C=O) groups excluding carboxylic acids is 2. The molecule has 2 amide bonds. The molecule has 1 saturated carbocycles. The number of aryl methyl sites for hydroxylation is 1. The van der Waals surface area contributed by atoms with E-state index in [4.69, 9.17) is 0 Å². The van der Waals surface area contributed by atoms with Crippen LogP contribution in [0.25, 0.3) is 0 Å². The zero-order valence-corrected chi connectivity index (χ0v) is 14.2. The molecule has 0 radical (unpaired) electrons. The molecule has 0 bridgehead atoms. The van der Waals surface area contributed by atoms with E-state index in [0.29, 0.717) is 6.42 Å². The minimum absolute atomic E-state index is 0. The molecule has 0 aromatic heterocycles. The van der Waals surface area contributed by atoms with E-state index in [1.807, 2.05) is 25.1 Å². The van der Waals surface area contributed by atoms with Crippen molar-refractivity contribution in [1.82, 2.24) is 5.32 Å². The first-order valence-corrected chi connectivity index (χ1v) is 8.06. The molecule has 126 valence electrons. The van der Waals surface area contributed by atoms with Crippen LogP contribution < -0.4 is 16.0 Å². The van der Waals surface area contributed by atoms with Crippen molar-refractivity contribution < 1.29 is 9.59 Å². The predicted octanol–water partition coefficient (Wildman–Crippen LogP) is 2.85. The molecule has 2 aliphatic rings. The molecular weight excluding hydrogens is 314 g/mol. The fourth-order valence-electron chi connectivity index (χ4n) is 2.78. The number of nitrogens with one attached hydrogen (secondary N) is 3. The van der Waals surface area contributed by atoms with Gasteiger partial charge in [-0.15, -0.1) is 12.4 Å². The van der Waals surface area contributed by atoms with Gasteiger partial charge in [0.25, 0.3) is 0 Å². The third-order valence-corrected chi connectivity index (χ3v) is 4.32. The first-order chi connectivity index (χ1) is 10.6. The zero-order chi connectivity index (χ0) is 15.5. The van der Waals surface area contributed by atoms with Gasteiger partial charge >= 0.3 is 0 Å². The fourth-order valence-corrected chi connectivity index (χ4v) is 2.78. The number of anilines is 2. The summed E-state index contributed by atoms with van der Waals surface area (Å²) in [6.45, 7) is 2.95. The van der Waals surface area contributed by atoms with Gasteiger partial charge in [0.15, 0.2) is 0 Å². The van der Waals surface area contributed by atoms with Crippen molar-refractivity contribution in [3.05, 3.63) is 23.8 Å². The van der Waals surface area contributed by atoms with Crippen molar-refractivity contribution in [2.45, 2.75) is 45.1 Å². The first-order valence-electron chi connectivity index (χ1n) is 8.06. The maximum absolute atomic E-state index is 12.1. The molecule has 1 heterocycles. The van der Waals surface area contributed by atoms with Crippen molar-refractivity contribution in [3.63, 3.8) is 0 Å². The standard InChI is InChI=1S/C17H23N3O2.ClH/c1-11-4-7-14(19-17(22)12-5-6-12)9-15(11)20-16(21)10-13-3-2-8-18-13;/h4,7,9,12-13,18H,2-3,5-6,8,10H2,1H3,(H,19,22)(H,20,21);1H. The number of hydrogen-bond acceptors (Lipinski definition) is 3. The highest BCUT2D eigenvalue weighted by Crippen LogP contribution is 2.30. The maximum Gasteiger partial charge on any atom is 0.227 e. The number of benzene rings is 1. The topological polar surface area (TPSA) is 70.2 Å². The summed E-state index contributed by atoms with van der Waals surface area (Å²) in [4.78, 5) is 24.0. The molecule has 23 heavy (non-hydrogen) atoms. The largest absolute Gasteiger partial charge is 0.326 e. The molecule has 2 fully saturated rings. The number of carbonyl (C=O) groups is 2. The SMILES string of the molecule is Cc1ccc(NC(=O)C2CC2)cc1NC(=O)CC1CCCN1.Cl. The van der Waals surface area contributed by atoms with Gasteiger partial charge in [0.2, 0.25) is 11.8 Å². The Kier molecular flexibility index (Phi) is 6.02. The molecule has 5 nitrogen and oxygen atoms in total. The Morgan fingerprint density at radius 3 is 2.65 bits per heavy atom. The van der Waals surface area contributed by atoms with Crippen LogP contribution in [0.2, 0.25) is 0 Å². The number of halogens is 1. The van der Waals surface area contributed by atoms with Crippen molar-refractivity contribution in [1.29, 1.82) is 0 Å². The predicted molar refractivity (Wildman–Crippen MR) is 94.1 cm³/mol. The van der Waals surface area contributed by atoms with E-state index in [2.05, 4.69) is 16.0 Å². The number of rotatable bonds is 5. The van der Waals surface area contributed by atoms with Crippen LogP contribution in [0, 0.1) is 12.8 Å². The Balaban J connectivity index is 0.00000192. The molecule has 3 N–H and O–H groups in total. The lowest BCUT2D eigenvalue weighted by Gasteiger charge is -2.13. The molecule has 0 spiro atoms. The molecule has 3 rings (SSSR count). The molecule has 1 unspecified atom stereocenters. The maximum atomic E-state index is 12.1. The normalized spacial score (nSPS) is 19.8. The van der Waals surface area contributed by atoms with Gasteiger partial charge in [0.05, 0.1) is 0 Å². The molecular formula is C17H24ClN3O2. The van der Waals surface area contributed by atoms with E-state index < -0.39 is 0 Å². The Morgan fingerprint density at radius 2 is 2.00 bits per heavy atom. The van der Waals surface area contributed by atoms with E-state index in [1.165, 1.54) is 0 Å². The third kappa shape index (κ3) is 4.94. The van der Waals surface area contributed by atoms with Crippen LogP contribution in [-0.4, -0.2) is 24.4 Å². The fraction of sp³-hybridized carbons (Fsp3) is 0.529. The molecule has 1 aliphatic heterocycles. The molecule has 1 atom stereocenters. The van der Waals surface area contributed by atoms with Gasteiger partial charge in [-0.25, -0.2) is 0 Å². The molecule has 6 heteroatoms. The second kappa shape index (κ2) is 7.79. The minimum Gasteiger partial charge on any atom is -0.326 e. The van der Waals surface area contributed by atoms with Gasteiger partial charge in [-0.3, -0.25) is 9.59 Å². The van der Waals surface area contributed by atoms with E-state index in [9.17, 15) is 9.59 Å². The second-order valence-corrected chi connectivity index (χ2v) is 6.34. The molecule has 1 aliphatic carbocycles. The summed E-state index contributed by atoms with van der Waals surface area (Å²) in [7, 11) is 0. The molecule has 1 aromatic rings. The van der Waals surface area contributed by atoms with Gasteiger partial charge in [0.1, 0.15) is 0 Å². The van der Waals surface area contributed by atoms with Crippen molar-refractivity contribution in [2.24, 2.45) is 5.92 Å². The summed E-state index contributed by atoms with van der Waals surface area (Å²) in [6.07, 6.45) is 4.66. The van der Waals surface area contributed by atoms with Crippen LogP contribution in [0.1, 0.15) is 37.7 Å². The van der Waals surface area contributed by atoms with Crippen molar-refractivity contribution >= 4 is 35.6 Å². The van der Waals surface area contributed by atoms with E-state index in [0.717, 1.165) is 49.2 Å². The summed E-state index contributed by atoms with van der Waals surface area (Å²) in [5, 5.41) is 9.21. The highest BCUT2D eigenvalue weighted by Gasteiger charge is 2.29. The number of hydrogen-bond donors (Lipinski definition) is 3. The van der Waals surface area contributed by atoms with Crippen LogP contribution in [-0.2, 0) is 9.59 Å². The van der Waals surface area contributed by atoms with E-state index in [1.54, 1.807) is 0 Å². The highest BCUT2D eigenvalue weighted by molar-refractivity contribution is 5.96. The average molecular weight is 338 g/mol. The van der Waals surface area contributed by atoms with E-state index in [-0.39, 0.29) is 36.2 Å². The van der Waals surface area contributed by atoms with Crippen LogP contribution >= 0.6 is 12.4 Å². The third-order valence-electron chi connectivity index (χ3n) is 4.32. The highest BCUT2D eigenvalue weighted by atomic mass is 35.5. The van der Waals surface area contributed by atoms with Gasteiger partial charge in [-0.2, -0.15) is 0 Å². The lowest BCUT2D eigenvalue weighted by Crippen LogP contribution is -2.27. The first kappa shape index (κ1) is 17.8. The van der Waals surface area contributed by atoms with Gasteiger partial charge in [-0.05, 0) is 56.8 Å². The second-order valence-electron chi connectivity index (χ2n) is 6.34. The Bertz CT molecular complexity index is 581.